The van der Waals surface area contributed by atoms with E-state index in [-0.39, 0.29) is 19.4 Å². The van der Waals surface area contributed by atoms with Crippen molar-refractivity contribution in [3.05, 3.63) is 60.8 Å². The molecule has 0 radical (unpaired) electrons. The summed E-state index contributed by atoms with van der Waals surface area (Å²) in [7, 11) is -4.62. The Bertz CT molecular complexity index is 1000. The van der Waals surface area contributed by atoms with Gasteiger partial charge in [0.15, 0.2) is 6.10 Å². The molecule has 0 bridgehead atoms. The van der Waals surface area contributed by atoms with Crippen molar-refractivity contribution in [2.75, 3.05) is 26.4 Å². The minimum absolute atomic E-state index is 0.162. The molecule has 0 saturated heterocycles. The molecule has 0 amide bonds. The molecule has 0 fully saturated rings. The first kappa shape index (κ1) is 46.7. The number of unbranched alkanes of at least 4 members (excludes halogenated alkanes) is 9. The van der Waals surface area contributed by atoms with Crippen LogP contribution in [0.25, 0.3) is 0 Å². The molecule has 49 heavy (non-hydrogen) atoms. The fraction of sp³-hybridized carbons (Fsp3) is 0.684. The third kappa shape index (κ3) is 33.9. The average Bonchev–Trinajstić information content (AvgIpc) is 3.09. The van der Waals surface area contributed by atoms with Crippen molar-refractivity contribution in [3.63, 3.8) is 0 Å². The normalized spacial score (nSPS) is 14.8. The smallest absolute Gasteiger partial charge is 0.462 e. The van der Waals surface area contributed by atoms with Gasteiger partial charge in [0, 0.05) is 12.8 Å². The van der Waals surface area contributed by atoms with Gasteiger partial charge in [-0.15, -0.1) is 0 Å². The summed E-state index contributed by atoms with van der Waals surface area (Å²) in [6.07, 6.45) is 35.0. The highest BCUT2D eigenvalue weighted by atomic mass is 31.2. The molecule has 3 atom stereocenters. The van der Waals surface area contributed by atoms with Crippen LogP contribution in [-0.2, 0) is 32.7 Å². The monoisotopic (exact) mass is 712 g/mol. The topological polar surface area (TPSA) is 149 Å². The van der Waals surface area contributed by atoms with Gasteiger partial charge in [0.1, 0.15) is 12.7 Å². The van der Waals surface area contributed by atoms with Crippen LogP contribution in [0.15, 0.2) is 60.8 Å². The predicted octanol–water partition coefficient (Wildman–Crippen LogP) is 8.77. The molecule has 0 aromatic carbocycles. The first-order chi connectivity index (χ1) is 23.7. The molecule has 10 nitrogen and oxygen atoms in total. The fourth-order valence-electron chi connectivity index (χ4n) is 4.38. The molecule has 0 aromatic heterocycles. The number of allylic oxidation sites excluding steroid dienone is 10. The van der Waals surface area contributed by atoms with E-state index in [0.29, 0.717) is 19.3 Å². The first-order valence-electron chi connectivity index (χ1n) is 18.2. The van der Waals surface area contributed by atoms with Crippen LogP contribution >= 0.6 is 7.82 Å². The fourth-order valence-corrected chi connectivity index (χ4v) is 5.17. The van der Waals surface area contributed by atoms with Crippen LogP contribution in [-0.4, -0.2) is 65.7 Å². The van der Waals surface area contributed by atoms with Crippen LogP contribution in [0.3, 0.4) is 0 Å². The zero-order valence-electron chi connectivity index (χ0n) is 30.1. The minimum atomic E-state index is -4.62. The Hall–Kier alpha value is -2.33. The number of ether oxygens (including phenoxy) is 2. The SMILES string of the molecule is CC/C=C/C/C=C/C/C=C/C/C=C/C/C=C/CCCC(=O)OC[C@@H](COP(=O)(O)OC[C@H](O)CO)OC(=O)CCCCCCCCCCC. The van der Waals surface area contributed by atoms with Gasteiger partial charge >= 0.3 is 19.8 Å². The van der Waals surface area contributed by atoms with E-state index in [1.807, 2.05) is 12.2 Å². The molecular formula is C38H65O10P. The van der Waals surface area contributed by atoms with Crippen molar-refractivity contribution in [3.8, 4) is 0 Å². The van der Waals surface area contributed by atoms with Crippen molar-refractivity contribution in [1.82, 2.24) is 0 Å². The molecule has 0 aliphatic carbocycles. The van der Waals surface area contributed by atoms with Gasteiger partial charge in [0.25, 0.3) is 0 Å². The van der Waals surface area contributed by atoms with Crippen molar-refractivity contribution in [1.29, 1.82) is 0 Å². The summed E-state index contributed by atoms with van der Waals surface area (Å²) in [6, 6.07) is 0. The van der Waals surface area contributed by atoms with Crippen molar-refractivity contribution >= 4 is 19.8 Å². The Kier molecular flexibility index (Phi) is 32.5. The van der Waals surface area contributed by atoms with Gasteiger partial charge in [0.2, 0.25) is 0 Å². The molecule has 1 unspecified atom stereocenters. The number of rotatable bonds is 33. The third-order valence-electron chi connectivity index (χ3n) is 7.19. The summed E-state index contributed by atoms with van der Waals surface area (Å²) in [5.74, 6) is -1.00. The molecule has 0 aliphatic heterocycles. The second kappa shape index (κ2) is 34.1. The first-order valence-corrected chi connectivity index (χ1v) is 19.7. The van der Waals surface area contributed by atoms with E-state index in [1.165, 1.54) is 32.1 Å². The van der Waals surface area contributed by atoms with Crippen LogP contribution in [0.1, 0.15) is 129 Å². The lowest BCUT2D eigenvalue weighted by Gasteiger charge is -2.20. The van der Waals surface area contributed by atoms with Crippen LogP contribution in [0.4, 0.5) is 0 Å². The zero-order chi connectivity index (χ0) is 36.3. The Labute approximate surface area is 296 Å². The highest BCUT2D eigenvalue weighted by Gasteiger charge is 2.27. The van der Waals surface area contributed by atoms with E-state index >= 15 is 0 Å². The lowest BCUT2D eigenvalue weighted by Crippen LogP contribution is -2.29. The molecule has 0 heterocycles. The molecule has 0 rings (SSSR count). The standard InChI is InChI=1S/C38H65O10P/c1-3-5-7-9-11-13-14-15-16-17-18-19-20-22-23-25-27-29-37(41)45-33-36(34-47-49(43,44)46-32-35(40)31-39)48-38(42)30-28-26-24-21-12-10-8-6-4-2/h5,7,11,13,15-16,18-19,22-23,35-36,39-40H,3-4,6,8-10,12,14,17,20-21,24-34H2,1-2H3,(H,43,44)/b7-5+,13-11+,16-15+,19-18+,23-22+/t35-,36+/m1/s1. The van der Waals surface area contributed by atoms with Crippen molar-refractivity contribution in [2.24, 2.45) is 0 Å². The molecule has 0 aliphatic rings. The van der Waals surface area contributed by atoms with Gasteiger partial charge in [-0.3, -0.25) is 18.6 Å². The Morgan fingerprint density at radius 3 is 1.67 bits per heavy atom. The average molecular weight is 713 g/mol. The van der Waals surface area contributed by atoms with E-state index in [1.54, 1.807) is 0 Å². The molecule has 11 heteroatoms. The van der Waals surface area contributed by atoms with Gasteiger partial charge in [-0.1, -0.05) is 126 Å². The van der Waals surface area contributed by atoms with Crippen molar-refractivity contribution < 1.29 is 47.8 Å². The van der Waals surface area contributed by atoms with Gasteiger partial charge in [-0.05, 0) is 51.4 Å². The summed E-state index contributed by atoms with van der Waals surface area (Å²) >= 11 is 0. The van der Waals surface area contributed by atoms with Crippen LogP contribution < -0.4 is 0 Å². The highest BCUT2D eigenvalue weighted by molar-refractivity contribution is 7.47. The van der Waals surface area contributed by atoms with Crippen LogP contribution in [0, 0.1) is 0 Å². The summed E-state index contributed by atoms with van der Waals surface area (Å²) in [5.41, 5.74) is 0. The molecular weight excluding hydrogens is 647 g/mol. The molecule has 282 valence electrons. The van der Waals surface area contributed by atoms with Crippen molar-refractivity contribution in [2.45, 2.75) is 142 Å². The lowest BCUT2D eigenvalue weighted by molar-refractivity contribution is -0.161. The number of phosphoric ester groups is 1. The number of carbonyl (C=O) groups excluding carboxylic acids is 2. The quantitative estimate of drug-likeness (QED) is 0.0261. The van der Waals surface area contributed by atoms with E-state index in [4.69, 9.17) is 19.1 Å². The van der Waals surface area contributed by atoms with E-state index in [9.17, 15) is 24.2 Å². The van der Waals surface area contributed by atoms with E-state index in [0.717, 1.165) is 51.4 Å². The molecule has 0 spiro atoms. The van der Waals surface area contributed by atoms with Gasteiger partial charge in [-0.2, -0.15) is 0 Å². The number of aliphatic hydroxyl groups is 2. The van der Waals surface area contributed by atoms with Gasteiger partial charge in [-0.25, -0.2) is 4.57 Å². The summed E-state index contributed by atoms with van der Waals surface area (Å²) < 4.78 is 32.4. The molecule has 0 aromatic rings. The van der Waals surface area contributed by atoms with Crippen LogP contribution in [0.5, 0.6) is 0 Å². The number of hydrogen-bond donors (Lipinski definition) is 3. The largest absolute Gasteiger partial charge is 0.472 e. The minimum Gasteiger partial charge on any atom is -0.462 e. The summed E-state index contributed by atoms with van der Waals surface area (Å²) in [5, 5.41) is 18.2. The Balaban J connectivity index is 4.47. The summed E-state index contributed by atoms with van der Waals surface area (Å²) in [4.78, 5) is 34.7. The maximum Gasteiger partial charge on any atom is 0.472 e. The Morgan fingerprint density at radius 2 is 1.12 bits per heavy atom. The number of esters is 2. The predicted molar refractivity (Wildman–Crippen MR) is 196 cm³/mol. The lowest BCUT2D eigenvalue weighted by atomic mass is 10.1. The zero-order valence-corrected chi connectivity index (χ0v) is 31.0. The highest BCUT2D eigenvalue weighted by Crippen LogP contribution is 2.43. The van der Waals surface area contributed by atoms with E-state index in [2.05, 4.69) is 67.0 Å². The number of carbonyl (C=O) groups is 2. The van der Waals surface area contributed by atoms with Gasteiger partial charge in [0.05, 0.1) is 19.8 Å². The molecule has 3 N–H and O–H groups in total. The summed E-state index contributed by atoms with van der Waals surface area (Å²) in [6.45, 7) is 2.14. The maximum atomic E-state index is 12.5. The number of hydrogen-bond acceptors (Lipinski definition) is 9. The Morgan fingerprint density at radius 1 is 0.633 bits per heavy atom. The molecule has 0 saturated carbocycles. The second-order valence-corrected chi connectivity index (χ2v) is 13.3. The number of phosphoric acid groups is 1. The second-order valence-electron chi connectivity index (χ2n) is 11.9. The van der Waals surface area contributed by atoms with E-state index < -0.39 is 51.8 Å². The van der Waals surface area contributed by atoms with Crippen LogP contribution in [0.2, 0.25) is 0 Å². The number of aliphatic hydroxyl groups excluding tert-OH is 2. The van der Waals surface area contributed by atoms with Gasteiger partial charge < -0.3 is 24.6 Å². The maximum absolute atomic E-state index is 12.5. The third-order valence-corrected chi connectivity index (χ3v) is 8.14.